The molecule has 1 unspecified atom stereocenters. The number of aromatic nitrogens is 4. The molecule has 1 atom stereocenters. The van der Waals surface area contributed by atoms with E-state index in [4.69, 9.17) is 0 Å². The number of carbonyl (C=O) groups is 1. The van der Waals surface area contributed by atoms with Crippen LogP contribution in [0.5, 0.6) is 0 Å². The summed E-state index contributed by atoms with van der Waals surface area (Å²) in [5.74, 6) is 0.702. The van der Waals surface area contributed by atoms with Crippen molar-refractivity contribution < 1.29 is 9.18 Å². The Morgan fingerprint density at radius 1 is 1.30 bits per heavy atom. The molecule has 3 heterocycles. The van der Waals surface area contributed by atoms with Gasteiger partial charge in [-0.1, -0.05) is 36.0 Å². The second-order valence-electron chi connectivity index (χ2n) is 5.82. The van der Waals surface area contributed by atoms with E-state index < -0.39 is 0 Å². The molecular weight excluding hydrogens is 405 g/mol. The van der Waals surface area contributed by atoms with Gasteiger partial charge in [0.25, 0.3) is 0 Å². The lowest BCUT2D eigenvalue weighted by Crippen LogP contribution is -2.32. The number of thiophene rings is 1. The molecule has 0 saturated carbocycles. The van der Waals surface area contributed by atoms with Gasteiger partial charge < -0.3 is 4.90 Å². The Kier molecular flexibility index (Phi) is 5.74. The molecule has 1 amide bonds. The van der Waals surface area contributed by atoms with Crippen LogP contribution in [0.3, 0.4) is 0 Å². The maximum absolute atomic E-state index is 14.1. The van der Waals surface area contributed by atoms with Gasteiger partial charge in [-0.15, -0.1) is 28.2 Å². The molecule has 1 aromatic carbocycles. The number of thioether (sulfide) groups is 2. The number of hydrogen-bond acceptors (Lipinski definition) is 7. The summed E-state index contributed by atoms with van der Waals surface area (Å²) in [4.78, 5) is 15.6. The van der Waals surface area contributed by atoms with E-state index in [0.29, 0.717) is 23.8 Å². The Hall–Kier alpha value is -1.91. The molecule has 2 aromatic heterocycles. The Morgan fingerprint density at radius 2 is 2.19 bits per heavy atom. The number of hydrogen-bond donors (Lipinski definition) is 0. The second-order valence-corrected chi connectivity index (χ2v) is 8.98. The van der Waals surface area contributed by atoms with Crippen LogP contribution in [-0.4, -0.2) is 49.1 Å². The molecule has 27 heavy (non-hydrogen) atoms. The zero-order chi connectivity index (χ0) is 18.6. The van der Waals surface area contributed by atoms with Crippen LogP contribution in [-0.2, 0) is 11.3 Å². The molecule has 1 aliphatic rings. The average molecular weight is 422 g/mol. The van der Waals surface area contributed by atoms with Gasteiger partial charge in [0.2, 0.25) is 11.1 Å². The maximum Gasteiger partial charge on any atom is 0.234 e. The van der Waals surface area contributed by atoms with E-state index in [1.54, 1.807) is 50.9 Å². The van der Waals surface area contributed by atoms with Crippen LogP contribution < -0.4 is 0 Å². The standard InChI is InChI=1S/C17H16FN5OS3/c18-14-6-2-1-5-13(14)16-22(7-9-26-16)15(24)11-27-17-19-20-21-23(17)10-12-4-3-8-25-12/h1-6,8,16H,7,9-11H2. The first-order valence-electron chi connectivity index (χ1n) is 8.29. The molecule has 1 fully saturated rings. The van der Waals surface area contributed by atoms with Crippen molar-refractivity contribution in [3.8, 4) is 0 Å². The minimum absolute atomic E-state index is 0.0380. The highest BCUT2D eigenvalue weighted by molar-refractivity contribution is 8.00. The zero-order valence-electron chi connectivity index (χ0n) is 14.2. The number of nitrogens with zero attached hydrogens (tertiary/aromatic N) is 5. The van der Waals surface area contributed by atoms with Gasteiger partial charge >= 0.3 is 0 Å². The predicted molar refractivity (Wildman–Crippen MR) is 105 cm³/mol. The molecule has 6 nitrogen and oxygen atoms in total. The molecule has 0 radical (unpaired) electrons. The van der Waals surface area contributed by atoms with Crippen molar-refractivity contribution in [2.45, 2.75) is 17.1 Å². The highest BCUT2D eigenvalue weighted by Crippen LogP contribution is 2.39. The third-order valence-electron chi connectivity index (χ3n) is 4.09. The summed E-state index contributed by atoms with van der Waals surface area (Å²) in [6, 6.07) is 10.6. The fourth-order valence-electron chi connectivity index (χ4n) is 2.82. The molecular formula is C17H16FN5OS3. The molecule has 0 bridgehead atoms. The van der Waals surface area contributed by atoms with E-state index in [1.165, 1.54) is 17.8 Å². The first-order valence-corrected chi connectivity index (χ1v) is 11.2. The summed E-state index contributed by atoms with van der Waals surface area (Å²) < 4.78 is 15.8. The topological polar surface area (TPSA) is 63.9 Å². The third-order valence-corrected chi connectivity index (χ3v) is 7.14. The molecule has 10 heteroatoms. The first kappa shape index (κ1) is 18.5. The van der Waals surface area contributed by atoms with Crippen LogP contribution in [0.4, 0.5) is 4.39 Å². The van der Waals surface area contributed by atoms with Crippen molar-refractivity contribution in [1.82, 2.24) is 25.1 Å². The number of halogens is 1. The van der Waals surface area contributed by atoms with E-state index >= 15 is 0 Å². The smallest absolute Gasteiger partial charge is 0.234 e. The fraction of sp³-hybridized carbons (Fsp3) is 0.294. The Morgan fingerprint density at radius 3 is 3.00 bits per heavy atom. The molecule has 0 aliphatic carbocycles. The fourth-order valence-corrected chi connectivity index (χ4v) is 5.56. The van der Waals surface area contributed by atoms with Gasteiger partial charge in [-0.2, -0.15) is 0 Å². The van der Waals surface area contributed by atoms with E-state index in [0.717, 1.165) is 10.6 Å². The van der Waals surface area contributed by atoms with Crippen molar-refractivity contribution in [1.29, 1.82) is 0 Å². The van der Waals surface area contributed by atoms with E-state index in [2.05, 4.69) is 15.5 Å². The van der Waals surface area contributed by atoms with Crippen LogP contribution in [0.25, 0.3) is 0 Å². The normalized spacial score (nSPS) is 16.8. The van der Waals surface area contributed by atoms with Gasteiger partial charge in [-0.3, -0.25) is 4.79 Å². The lowest BCUT2D eigenvalue weighted by molar-refractivity contribution is -0.128. The number of carbonyl (C=O) groups excluding carboxylic acids is 1. The summed E-state index contributed by atoms with van der Waals surface area (Å²) in [5, 5.41) is 14.1. The summed E-state index contributed by atoms with van der Waals surface area (Å²) >= 11 is 4.53. The maximum atomic E-state index is 14.1. The van der Waals surface area contributed by atoms with Crippen molar-refractivity contribution in [3.63, 3.8) is 0 Å². The molecule has 0 N–H and O–H groups in total. The summed E-state index contributed by atoms with van der Waals surface area (Å²) in [5.41, 5.74) is 0.556. The zero-order valence-corrected chi connectivity index (χ0v) is 16.6. The second kappa shape index (κ2) is 8.41. The van der Waals surface area contributed by atoms with Gasteiger partial charge in [-0.25, -0.2) is 9.07 Å². The molecule has 140 valence electrons. The number of benzene rings is 1. The van der Waals surface area contributed by atoms with Gasteiger partial charge in [0.1, 0.15) is 11.2 Å². The Balaban J connectivity index is 1.41. The lowest BCUT2D eigenvalue weighted by Gasteiger charge is -2.24. The van der Waals surface area contributed by atoms with Crippen molar-refractivity contribution in [2.24, 2.45) is 0 Å². The van der Waals surface area contributed by atoms with Crippen LogP contribution in [0.1, 0.15) is 15.8 Å². The molecule has 0 spiro atoms. The summed E-state index contributed by atoms with van der Waals surface area (Å²) in [6.45, 7) is 1.20. The largest absolute Gasteiger partial charge is 0.325 e. The molecule has 4 rings (SSSR count). The predicted octanol–water partition coefficient (Wildman–Crippen LogP) is 3.29. The number of rotatable bonds is 6. The summed E-state index contributed by atoms with van der Waals surface area (Å²) in [6.07, 6.45) is 0. The van der Waals surface area contributed by atoms with Crippen LogP contribution >= 0.6 is 34.9 Å². The van der Waals surface area contributed by atoms with Crippen molar-refractivity contribution in [3.05, 3.63) is 58.0 Å². The number of amides is 1. The molecule has 1 aliphatic heterocycles. The van der Waals surface area contributed by atoms with Gasteiger partial charge in [-0.05, 0) is 27.9 Å². The van der Waals surface area contributed by atoms with Gasteiger partial charge in [0.05, 0.1) is 12.3 Å². The lowest BCUT2D eigenvalue weighted by atomic mass is 10.2. The molecule has 3 aromatic rings. The average Bonchev–Trinajstić information content (AvgIpc) is 3.43. The number of tetrazole rings is 1. The molecule has 1 saturated heterocycles. The summed E-state index contributed by atoms with van der Waals surface area (Å²) in [7, 11) is 0. The van der Waals surface area contributed by atoms with E-state index in [-0.39, 0.29) is 22.9 Å². The minimum Gasteiger partial charge on any atom is -0.325 e. The van der Waals surface area contributed by atoms with Crippen molar-refractivity contribution in [2.75, 3.05) is 18.1 Å². The minimum atomic E-state index is -0.276. The van der Waals surface area contributed by atoms with Gasteiger partial charge in [0, 0.05) is 22.7 Å². The highest BCUT2D eigenvalue weighted by atomic mass is 32.2. The monoisotopic (exact) mass is 421 g/mol. The van der Waals surface area contributed by atoms with Crippen LogP contribution in [0, 0.1) is 5.82 Å². The van der Waals surface area contributed by atoms with E-state index in [9.17, 15) is 9.18 Å². The van der Waals surface area contributed by atoms with Crippen LogP contribution in [0.2, 0.25) is 0 Å². The first-order chi connectivity index (χ1) is 13.2. The van der Waals surface area contributed by atoms with Gasteiger partial charge in [0.15, 0.2) is 0 Å². The highest BCUT2D eigenvalue weighted by Gasteiger charge is 2.32. The van der Waals surface area contributed by atoms with Crippen molar-refractivity contribution >= 4 is 40.8 Å². The Bertz CT molecular complexity index is 917. The Labute approximate surface area is 168 Å². The quantitative estimate of drug-likeness (QED) is 0.569. The van der Waals surface area contributed by atoms with Crippen LogP contribution in [0.15, 0.2) is 46.9 Å². The third kappa shape index (κ3) is 4.17. The van der Waals surface area contributed by atoms with E-state index in [1.807, 2.05) is 17.5 Å². The SMILES string of the molecule is O=C(CSc1nnnn1Cc1cccs1)N1CCSC1c1ccccc1F.